The van der Waals surface area contributed by atoms with Crippen molar-refractivity contribution in [3.63, 3.8) is 0 Å². The van der Waals surface area contributed by atoms with E-state index in [2.05, 4.69) is 26.7 Å². The molecule has 2 N–H and O–H groups in total. The minimum absolute atomic E-state index is 0.110. The van der Waals surface area contributed by atoms with E-state index in [1.807, 2.05) is 13.0 Å². The van der Waals surface area contributed by atoms with Crippen LogP contribution < -0.4 is 10.7 Å². The summed E-state index contributed by atoms with van der Waals surface area (Å²) in [5.74, 6) is -3.27. The molecule has 172 valence electrons. The van der Waals surface area contributed by atoms with Crippen LogP contribution in [0, 0.1) is 23.0 Å². The first-order chi connectivity index (χ1) is 15.6. The van der Waals surface area contributed by atoms with Crippen LogP contribution in [-0.2, 0) is 19.1 Å². The van der Waals surface area contributed by atoms with Crippen LogP contribution in [0.1, 0.15) is 22.3 Å². The number of carbonyl (C=O) groups excluding carboxylic acids is 4. The van der Waals surface area contributed by atoms with Gasteiger partial charge in [0.25, 0.3) is 17.5 Å². The van der Waals surface area contributed by atoms with Gasteiger partial charge in [-0.3, -0.25) is 39.7 Å². The Morgan fingerprint density at radius 3 is 2.55 bits per heavy atom. The molecule has 0 radical (unpaired) electrons. The molecule has 1 fully saturated rings. The Bertz CT molecular complexity index is 1120. The molecule has 1 aliphatic rings. The fourth-order valence-corrected chi connectivity index (χ4v) is 3.58. The largest absolute Gasteiger partial charge is 0.455 e. The third-order valence-electron chi connectivity index (χ3n) is 4.84. The van der Waals surface area contributed by atoms with Crippen LogP contribution in [0.5, 0.6) is 0 Å². The Morgan fingerprint density at radius 2 is 1.91 bits per heavy atom. The molecule has 1 atom stereocenters. The summed E-state index contributed by atoms with van der Waals surface area (Å²) in [6.45, 7) is 1.17. The number of carbonyl (C=O) groups is 4. The highest BCUT2D eigenvalue weighted by molar-refractivity contribution is 9.10. The normalized spacial score (nSPS) is 15.2. The van der Waals surface area contributed by atoms with Gasteiger partial charge < -0.3 is 10.1 Å². The van der Waals surface area contributed by atoms with Crippen LogP contribution in [0.2, 0.25) is 0 Å². The molecule has 12 heteroatoms. The van der Waals surface area contributed by atoms with Gasteiger partial charge in [-0.2, -0.15) is 0 Å². The van der Waals surface area contributed by atoms with E-state index in [9.17, 15) is 29.3 Å². The molecule has 3 amide bonds. The maximum Gasteiger partial charge on any atom is 0.311 e. The number of ether oxygens (including phenoxy) is 1. The fraction of sp³-hybridized carbons (Fsp3) is 0.238. The Morgan fingerprint density at radius 1 is 1.21 bits per heavy atom. The number of anilines is 1. The number of amides is 3. The summed E-state index contributed by atoms with van der Waals surface area (Å²) in [5.41, 5.74) is 3.71. The molecule has 1 aliphatic heterocycles. The molecular formula is C21H19BrN4O7. The summed E-state index contributed by atoms with van der Waals surface area (Å²) < 4.78 is 5.89. The second-order valence-corrected chi connectivity index (χ2v) is 8.18. The molecule has 2 aromatic rings. The van der Waals surface area contributed by atoms with Gasteiger partial charge in [0.2, 0.25) is 5.91 Å². The number of hydrogen-bond donors (Lipinski definition) is 2. The Hall–Kier alpha value is -3.80. The number of non-ortho nitro benzene ring substituents is 1. The molecule has 11 nitrogen and oxygen atoms in total. The van der Waals surface area contributed by atoms with Gasteiger partial charge in [-0.05, 0) is 42.8 Å². The zero-order chi connectivity index (χ0) is 24.1. The zero-order valence-electron chi connectivity index (χ0n) is 17.4. The predicted molar refractivity (Wildman–Crippen MR) is 119 cm³/mol. The maximum atomic E-state index is 12.3. The van der Waals surface area contributed by atoms with E-state index in [1.165, 1.54) is 24.3 Å². The number of halogens is 1. The summed E-state index contributed by atoms with van der Waals surface area (Å²) >= 11 is 3.33. The van der Waals surface area contributed by atoms with Crippen molar-refractivity contribution in [2.45, 2.75) is 13.3 Å². The number of rotatable bonds is 7. The van der Waals surface area contributed by atoms with E-state index < -0.39 is 41.1 Å². The minimum atomic E-state index is -0.850. The van der Waals surface area contributed by atoms with Crippen LogP contribution >= 0.6 is 15.9 Å². The van der Waals surface area contributed by atoms with Crippen molar-refractivity contribution in [1.29, 1.82) is 0 Å². The number of hydrazine groups is 1. The second kappa shape index (κ2) is 10.2. The second-order valence-electron chi connectivity index (χ2n) is 7.27. The lowest BCUT2D eigenvalue weighted by Crippen LogP contribution is -2.43. The van der Waals surface area contributed by atoms with Gasteiger partial charge in [0, 0.05) is 34.3 Å². The topological polar surface area (TPSA) is 148 Å². The third-order valence-corrected chi connectivity index (χ3v) is 5.34. The average Bonchev–Trinajstić information content (AvgIpc) is 3.14. The van der Waals surface area contributed by atoms with Gasteiger partial charge in [-0.25, -0.2) is 0 Å². The molecule has 2 aromatic carbocycles. The molecule has 0 aromatic heterocycles. The van der Waals surface area contributed by atoms with E-state index in [4.69, 9.17) is 4.74 Å². The summed E-state index contributed by atoms with van der Waals surface area (Å²) in [6.07, 6.45) is -0.188. The molecule has 1 heterocycles. The van der Waals surface area contributed by atoms with Crippen molar-refractivity contribution in [2.75, 3.05) is 18.5 Å². The number of benzene rings is 2. The zero-order valence-corrected chi connectivity index (χ0v) is 19.0. The van der Waals surface area contributed by atoms with Gasteiger partial charge in [-0.15, -0.1) is 0 Å². The Labute approximate surface area is 196 Å². The number of nitro benzene ring substituents is 1. The van der Waals surface area contributed by atoms with Crippen molar-refractivity contribution in [1.82, 2.24) is 10.4 Å². The Balaban J connectivity index is 1.49. The SMILES string of the molecule is Cc1cc(Br)ccc1NC(=O)COC(=O)[C@@H]1CC(=O)N(NC(=O)c2ccc([N+](=O)[O-])cc2)C1. The van der Waals surface area contributed by atoms with Crippen LogP contribution in [0.15, 0.2) is 46.9 Å². The number of esters is 1. The first-order valence-electron chi connectivity index (χ1n) is 9.72. The molecule has 1 saturated heterocycles. The summed E-state index contributed by atoms with van der Waals surface area (Å²) in [4.78, 5) is 59.0. The lowest BCUT2D eigenvalue weighted by atomic mass is 10.1. The van der Waals surface area contributed by atoms with Gasteiger partial charge in [0.05, 0.1) is 17.4 Å². The van der Waals surface area contributed by atoms with Crippen LogP contribution in [-0.4, -0.2) is 46.8 Å². The number of aryl methyl sites for hydroxylation is 1. The standard InChI is InChI=1S/C21H19BrN4O7/c1-12-8-15(22)4-7-17(12)23-18(27)11-33-21(30)14-9-19(28)25(10-14)24-20(29)13-2-5-16(6-3-13)26(31)32/h2-8,14H,9-11H2,1H3,(H,23,27)(H,24,29)/t14-/m1/s1. The van der Waals surface area contributed by atoms with Gasteiger partial charge in [-0.1, -0.05) is 15.9 Å². The molecule has 0 aliphatic carbocycles. The number of nitrogens with zero attached hydrogens (tertiary/aromatic N) is 2. The molecule has 0 bridgehead atoms. The smallest absolute Gasteiger partial charge is 0.311 e. The van der Waals surface area contributed by atoms with Gasteiger partial charge in [0.15, 0.2) is 6.61 Å². The average molecular weight is 519 g/mol. The van der Waals surface area contributed by atoms with E-state index in [1.54, 1.807) is 12.1 Å². The Kier molecular flexibility index (Phi) is 7.38. The predicted octanol–water partition coefficient (Wildman–Crippen LogP) is 2.34. The fourth-order valence-electron chi connectivity index (χ4n) is 3.10. The lowest BCUT2D eigenvalue weighted by molar-refractivity contribution is -0.384. The monoisotopic (exact) mass is 518 g/mol. The van der Waals surface area contributed by atoms with Crippen molar-refractivity contribution in [3.8, 4) is 0 Å². The molecule has 3 rings (SSSR count). The minimum Gasteiger partial charge on any atom is -0.455 e. The highest BCUT2D eigenvalue weighted by Gasteiger charge is 2.36. The van der Waals surface area contributed by atoms with E-state index >= 15 is 0 Å². The molecular weight excluding hydrogens is 500 g/mol. The number of nitrogens with one attached hydrogen (secondary N) is 2. The first kappa shape index (κ1) is 23.9. The van der Waals surface area contributed by atoms with Crippen molar-refractivity contribution < 1.29 is 28.8 Å². The highest BCUT2D eigenvalue weighted by Crippen LogP contribution is 2.21. The molecule has 33 heavy (non-hydrogen) atoms. The third kappa shape index (κ3) is 6.13. The summed E-state index contributed by atoms with van der Waals surface area (Å²) in [7, 11) is 0. The lowest BCUT2D eigenvalue weighted by Gasteiger charge is -2.17. The van der Waals surface area contributed by atoms with E-state index in [0.717, 1.165) is 15.0 Å². The molecule has 0 unspecified atom stereocenters. The van der Waals surface area contributed by atoms with Crippen molar-refractivity contribution in [3.05, 3.63) is 68.2 Å². The van der Waals surface area contributed by atoms with Crippen LogP contribution in [0.4, 0.5) is 11.4 Å². The van der Waals surface area contributed by atoms with Gasteiger partial charge >= 0.3 is 5.97 Å². The molecule has 0 spiro atoms. The van der Waals surface area contributed by atoms with Crippen LogP contribution in [0.25, 0.3) is 0 Å². The van der Waals surface area contributed by atoms with Gasteiger partial charge in [0.1, 0.15) is 0 Å². The number of hydrogen-bond acceptors (Lipinski definition) is 7. The first-order valence-corrected chi connectivity index (χ1v) is 10.5. The van der Waals surface area contributed by atoms with E-state index in [0.29, 0.717) is 5.69 Å². The maximum absolute atomic E-state index is 12.3. The van der Waals surface area contributed by atoms with E-state index in [-0.39, 0.29) is 24.2 Å². The van der Waals surface area contributed by atoms with Crippen molar-refractivity contribution >= 4 is 51.0 Å². The summed E-state index contributed by atoms with van der Waals surface area (Å²) in [5, 5.41) is 14.3. The van der Waals surface area contributed by atoms with Crippen LogP contribution in [0.3, 0.4) is 0 Å². The van der Waals surface area contributed by atoms with Crippen molar-refractivity contribution in [2.24, 2.45) is 5.92 Å². The summed E-state index contributed by atoms with van der Waals surface area (Å²) in [6, 6.07) is 10.1. The molecule has 0 saturated carbocycles. The number of nitro groups is 1. The highest BCUT2D eigenvalue weighted by atomic mass is 79.9. The quantitative estimate of drug-likeness (QED) is 0.324.